The molecule has 0 bridgehead atoms. The Labute approximate surface area is 82.0 Å². The van der Waals surface area contributed by atoms with Crippen LogP contribution in [0, 0.1) is 5.41 Å². The van der Waals surface area contributed by atoms with Crippen molar-refractivity contribution in [1.29, 1.82) is 0 Å². The van der Waals surface area contributed by atoms with E-state index in [2.05, 4.69) is 33.0 Å². The molecule has 0 aromatic heterocycles. The van der Waals surface area contributed by atoms with Crippen molar-refractivity contribution in [3.05, 3.63) is 0 Å². The topological polar surface area (TPSA) is 21.3 Å². The van der Waals surface area contributed by atoms with E-state index in [1.165, 1.54) is 6.42 Å². The molecule has 2 atom stereocenters. The van der Waals surface area contributed by atoms with E-state index in [1.54, 1.807) is 0 Å². The summed E-state index contributed by atoms with van der Waals surface area (Å²) in [5.41, 5.74) is 0.325. The molecule has 2 unspecified atom stereocenters. The normalized spacial score (nSPS) is 31.4. The number of ether oxygens (including phenoxy) is 1. The molecule has 2 nitrogen and oxygen atoms in total. The van der Waals surface area contributed by atoms with E-state index in [9.17, 15) is 0 Å². The van der Waals surface area contributed by atoms with E-state index in [4.69, 9.17) is 4.74 Å². The molecular formula is C11H23NO. The van der Waals surface area contributed by atoms with Gasteiger partial charge in [-0.3, -0.25) is 0 Å². The molecule has 78 valence electrons. The zero-order valence-corrected chi connectivity index (χ0v) is 9.39. The van der Waals surface area contributed by atoms with Crippen LogP contribution in [0.15, 0.2) is 0 Å². The fourth-order valence-corrected chi connectivity index (χ4v) is 2.02. The molecule has 1 N–H and O–H groups in total. The fourth-order valence-electron chi connectivity index (χ4n) is 2.02. The van der Waals surface area contributed by atoms with Gasteiger partial charge in [0.15, 0.2) is 0 Å². The maximum atomic E-state index is 5.78. The van der Waals surface area contributed by atoms with E-state index < -0.39 is 0 Å². The van der Waals surface area contributed by atoms with Crippen LogP contribution in [0.5, 0.6) is 0 Å². The second-order valence-electron chi connectivity index (χ2n) is 4.53. The molecule has 13 heavy (non-hydrogen) atoms. The zero-order chi connectivity index (χ0) is 9.90. The fraction of sp³-hybridized carbons (Fsp3) is 1.00. The van der Waals surface area contributed by atoms with Gasteiger partial charge in [-0.25, -0.2) is 0 Å². The Hall–Kier alpha value is -0.0800. The lowest BCUT2D eigenvalue weighted by Crippen LogP contribution is -2.60. The average Bonchev–Trinajstić information content (AvgIpc) is 2.10. The Balaban J connectivity index is 2.30. The first-order chi connectivity index (χ1) is 6.12. The van der Waals surface area contributed by atoms with Crippen LogP contribution in [-0.2, 0) is 4.74 Å². The lowest BCUT2D eigenvalue weighted by Gasteiger charge is -2.52. The zero-order valence-electron chi connectivity index (χ0n) is 9.39. The third kappa shape index (κ3) is 2.23. The molecule has 0 heterocycles. The second-order valence-corrected chi connectivity index (χ2v) is 4.53. The SMILES string of the molecule is CCCOC1CC(NCC)C1(C)C. The molecule has 1 aliphatic rings. The highest BCUT2D eigenvalue weighted by atomic mass is 16.5. The Bertz CT molecular complexity index is 156. The lowest BCUT2D eigenvalue weighted by molar-refractivity contribution is -0.116. The molecular weight excluding hydrogens is 162 g/mol. The molecule has 0 saturated heterocycles. The molecule has 1 fully saturated rings. The van der Waals surface area contributed by atoms with Crippen LogP contribution in [0.25, 0.3) is 0 Å². The van der Waals surface area contributed by atoms with Crippen LogP contribution in [0.3, 0.4) is 0 Å². The molecule has 0 aromatic carbocycles. The van der Waals surface area contributed by atoms with Gasteiger partial charge in [0.2, 0.25) is 0 Å². The van der Waals surface area contributed by atoms with E-state index in [0.29, 0.717) is 17.6 Å². The van der Waals surface area contributed by atoms with E-state index in [0.717, 1.165) is 19.6 Å². The van der Waals surface area contributed by atoms with Crippen LogP contribution < -0.4 is 5.32 Å². The summed E-state index contributed by atoms with van der Waals surface area (Å²) in [5, 5.41) is 3.50. The van der Waals surface area contributed by atoms with Gasteiger partial charge in [-0.1, -0.05) is 27.7 Å². The Morgan fingerprint density at radius 3 is 2.54 bits per heavy atom. The van der Waals surface area contributed by atoms with Crippen molar-refractivity contribution < 1.29 is 4.74 Å². The van der Waals surface area contributed by atoms with Crippen molar-refractivity contribution in [1.82, 2.24) is 5.32 Å². The number of hydrogen-bond acceptors (Lipinski definition) is 2. The van der Waals surface area contributed by atoms with Gasteiger partial charge in [-0.05, 0) is 19.4 Å². The van der Waals surface area contributed by atoms with E-state index in [1.807, 2.05) is 0 Å². The van der Waals surface area contributed by atoms with Gasteiger partial charge in [-0.2, -0.15) is 0 Å². The van der Waals surface area contributed by atoms with Crippen molar-refractivity contribution in [2.24, 2.45) is 5.41 Å². The molecule has 1 saturated carbocycles. The summed E-state index contributed by atoms with van der Waals surface area (Å²) in [6, 6.07) is 0.652. The summed E-state index contributed by atoms with van der Waals surface area (Å²) in [6.45, 7) is 10.9. The molecule has 0 radical (unpaired) electrons. The molecule has 0 spiro atoms. The van der Waals surface area contributed by atoms with Crippen molar-refractivity contribution in [2.75, 3.05) is 13.2 Å². The first-order valence-electron chi connectivity index (χ1n) is 5.47. The summed E-state index contributed by atoms with van der Waals surface area (Å²) in [4.78, 5) is 0. The van der Waals surface area contributed by atoms with Gasteiger partial charge in [0.05, 0.1) is 6.10 Å². The molecule has 0 aromatic rings. The maximum absolute atomic E-state index is 5.78. The minimum Gasteiger partial charge on any atom is -0.378 e. The van der Waals surface area contributed by atoms with Crippen molar-refractivity contribution in [3.8, 4) is 0 Å². The highest BCUT2D eigenvalue weighted by molar-refractivity contribution is 5.02. The van der Waals surface area contributed by atoms with Gasteiger partial charge >= 0.3 is 0 Å². The monoisotopic (exact) mass is 185 g/mol. The molecule has 0 amide bonds. The van der Waals surface area contributed by atoms with Crippen molar-refractivity contribution in [2.45, 2.75) is 52.7 Å². The summed E-state index contributed by atoms with van der Waals surface area (Å²) in [5.74, 6) is 0. The van der Waals surface area contributed by atoms with Gasteiger partial charge in [0.1, 0.15) is 0 Å². The van der Waals surface area contributed by atoms with Gasteiger partial charge in [0, 0.05) is 18.1 Å². The van der Waals surface area contributed by atoms with Crippen LogP contribution in [0.1, 0.15) is 40.5 Å². The van der Waals surface area contributed by atoms with E-state index in [-0.39, 0.29) is 0 Å². The second kappa shape index (κ2) is 4.43. The standard InChI is InChI=1S/C11H23NO/c1-5-7-13-10-8-9(12-6-2)11(10,3)4/h9-10,12H,5-8H2,1-4H3. The Morgan fingerprint density at radius 2 is 2.08 bits per heavy atom. The van der Waals surface area contributed by atoms with Crippen LogP contribution >= 0.6 is 0 Å². The molecule has 2 heteroatoms. The summed E-state index contributed by atoms with van der Waals surface area (Å²) in [7, 11) is 0. The van der Waals surface area contributed by atoms with Crippen molar-refractivity contribution in [3.63, 3.8) is 0 Å². The number of nitrogens with one attached hydrogen (secondary N) is 1. The van der Waals surface area contributed by atoms with E-state index >= 15 is 0 Å². The lowest BCUT2D eigenvalue weighted by atomic mass is 9.64. The highest BCUT2D eigenvalue weighted by Gasteiger charge is 2.48. The molecule has 1 aliphatic carbocycles. The third-order valence-corrected chi connectivity index (χ3v) is 3.15. The number of hydrogen-bond donors (Lipinski definition) is 1. The van der Waals surface area contributed by atoms with Gasteiger partial charge in [0.25, 0.3) is 0 Å². The van der Waals surface area contributed by atoms with Gasteiger partial charge in [-0.15, -0.1) is 0 Å². The predicted molar refractivity (Wildman–Crippen MR) is 55.9 cm³/mol. The largest absolute Gasteiger partial charge is 0.378 e. The molecule has 0 aliphatic heterocycles. The minimum absolute atomic E-state index is 0.325. The first kappa shape index (κ1) is 11.0. The Morgan fingerprint density at radius 1 is 1.38 bits per heavy atom. The van der Waals surface area contributed by atoms with Crippen molar-refractivity contribution >= 4 is 0 Å². The number of rotatable bonds is 5. The maximum Gasteiger partial charge on any atom is 0.0655 e. The smallest absolute Gasteiger partial charge is 0.0655 e. The minimum atomic E-state index is 0.325. The summed E-state index contributed by atoms with van der Waals surface area (Å²) < 4.78 is 5.78. The van der Waals surface area contributed by atoms with Crippen LogP contribution in [0.2, 0.25) is 0 Å². The summed E-state index contributed by atoms with van der Waals surface area (Å²) >= 11 is 0. The average molecular weight is 185 g/mol. The first-order valence-corrected chi connectivity index (χ1v) is 5.47. The predicted octanol–water partition coefficient (Wildman–Crippen LogP) is 2.19. The van der Waals surface area contributed by atoms with Crippen LogP contribution in [0.4, 0.5) is 0 Å². The quantitative estimate of drug-likeness (QED) is 0.709. The Kier molecular flexibility index (Phi) is 3.74. The third-order valence-electron chi connectivity index (χ3n) is 3.15. The molecule has 1 rings (SSSR count). The van der Waals surface area contributed by atoms with Gasteiger partial charge < -0.3 is 10.1 Å². The van der Waals surface area contributed by atoms with Crippen LogP contribution in [-0.4, -0.2) is 25.3 Å². The summed E-state index contributed by atoms with van der Waals surface area (Å²) in [6.07, 6.45) is 2.77. The highest BCUT2D eigenvalue weighted by Crippen LogP contribution is 2.42.